The number of phenols is 2. The third kappa shape index (κ3) is 6.53. The van der Waals surface area contributed by atoms with E-state index in [2.05, 4.69) is 53.7 Å². The molecule has 1 spiro atoms. The number of aromatic hydroxyl groups is 2. The van der Waals surface area contributed by atoms with Crippen LogP contribution in [0, 0.1) is 17.8 Å². The highest BCUT2D eigenvalue weighted by Gasteiger charge is 2.51. The molecule has 11 nitrogen and oxygen atoms in total. The van der Waals surface area contributed by atoms with E-state index in [4.69, 9.17) is 29.7 Å². The van der Waals surface area contributed by atoms with Gasteiger partial charge in [0.2, 0.25) is 0 Å². The fourth-order valence-corrected chi connectivity index (χ4v) is 10.7. The second-order valence-electron chi connectivity index (χ2n) is 16.8. The number of likely N-dealkylation sites (N-methyl/N-ethyl adjacent to an activating group) is 2. The van der Waals surface area contributed by atoms with Crippen LogP contribution in [0.4, 0.5) is 5.82 Å². The summed E-state index contributed by atoms with van der Waals surface area (Å²) < 4.78 is 26.0. The highest BCUT2D eigenvalue weighted by molar-refractivity contribution is 5.84. The number of ether oxygens (including phenoxy) is 4. The SMILES string of the molecule is CCc1cc2c(nc1N)C#CCc1cc(O)c3c(c1C1Oc4c(ccc5c4C4(CCC(C2)C4)Cc2cc(O)cc(OC)c2-5)C1COC(C)=O)C=CC(NC)C(CNC)O3. The van der Waals surface area contributed by atoms with Crippen molar-refractivity contribution in [2.75, 3.05) is 40.1 Å². The number of carbonyl (C=O) groups excluding carboxylic acids is 1. The number of aryl methyl sites for hydroxylation is 1. The molecule has 6 N–H and O–H groups in total. The molecule has 11 heteroatoms. The van der Waals surface area contributed by atoms with Gasteiger partial charge in [0, 0.05) is 59.2 Å². The summed E-state index contributed by atoms with van der Waals surface area (Å²) in [7, 11) is 5.40. The largest absolute Gasteiger partial charge is 0.508 e. The normalized spacial score (nSPS) is 24.3. The molecule has 6 atom stereocenters. The van der Waals surface area contributed by atoms with Gasteiger partial charge in [-0.1, -0.05) is 37.1 Å². The van der Waals surface area contributed by atoms with E-state index in [1.54, 1.807) is 19.2 Å². The number of methoxy groups -OCH3 is 1. The van der Waals surface area contributed by atoms with Crippen molar-refractivity contribution in [2.45, 2.75) is 88.4 Å². The first-order valence-electron chi connectivity index (χ1n) is 20.8. The van der Waals surface area contributed by atoms with Gasteiger partial charge in [-0.15, -0.1) is 0 Å². The molecule has 4 heterocycles. The summed E-state index contributed by atoms with van der Waals surface area (Å²) in [5, 5.41) is 29.3. The quantitative estimate of drug-likeness (QED) is 0.104. The average molecular weight is 797 g/mol. The number of benzene rings is 3. The lowest BCUT2D eigenvalue weighted by Crippen LogP contribution is -2.44. The molecule has 4 aromatic rings. The van der Waals surface area contributed by atoms with Crippen molar-refractivity contribution < 1.29 is 34.0 Å². The fourth-order valence-electron chi connectivity index (χ4n) is 10.7. The van der Waals surface area contributed by atoms with E-state index in [-0.39, 0.29) is 48.1 Å². The van der Waals surface area contributed by atoms with Gasteiger partial charge in [-0.3, -0.25) is 4.79 Å². The zero-order valence-corrected chi connectivity index (χ0v) is 34.3. The summed E-state index contributed by atoms with van der Waals surface area (Å²) in [6, 6.07) is 11.6. The zero-order chi connectivity index (χ0) is 41.2. The molecule has 306 valence electrons. The minimum atomic E-state index is -0.639. The predicted molar refractivity (Wildman–Crippen MR) is 226 cm³/mol. The van der Waals surface area contributed by atoms with E-state index in [1.165, 1.54) is 6.92 Å². The van der Waals surface area contributed by atoms with Crippen molar-refractivity contribution >= 4 is 17.9 Å². The Morgan fingerprint density at radius 2 is 1.95 bits per heavy atom. The van der Waals surface area contributed by atoms with Gasteiger partial charge in [-0.25, -0.2) is 4.98 Å². The number of nitrogens with one attached hydrogen (secondary N) is 2. The van der Waals surface area contributed by atoms with Gasteiger partial charge in [-0.2, -0.15) is 0 Å². The maximum Gasteiger partial charge on any atom is 0.302 e. The molecule has 5 aliphatic rings. The van der Waals surface area contributed by atoms with Gasteiger partial charge in [0.1, 0.15) is 47.6 Å². The van der Waals surface area contributed by atoms with Crippen molar-refractivity contribution in [3.05, 3.63) is 92.7 Å². The first-order chi connectivity index (χ1) is 28.6. The van der Waals surface area contributed by atoms with Gasteiger partial charge in [0.05, 0.1) is 19.1 Å². The minimum Gasteiger partial charge on any atom is -0.508 e. The van der Waals surface area contributed by atoms with Crippen LogP contribution in [-0.2, 0) is 40.6 Å². The zero-order valence-electron chi connectivity index (χ0n) is 34.3. The molecule has 0 radical (unpaired) electrons. The summed E-state index contributed by atoms with van der Waals surface area (Å²) in [5.41, 5.74) is 16.3. The number of anilines is 1. The van der Waals surface area contributed by atoms with Gasteiger partial charge >= 0.3 is 5.97 Å². The summed E-state index contributed by atoms with van der Waals surface area (Å²) in [4.78, 5) is 17.4. The molecule has 9 rings (SSSR count). The number of fused-ring (bicyclic) bond motifs is 9. The molecule has 1 saturated carbocycles. The predicted octanol–water partition coefficient (Wildman–Crippen LogP) is 6.42. The van der Waals surface area contributed by atoms with Crippen LogP contribution in [0.25, 0.3) is 17.2 Å². The molecular weight excluding hydrogens is 745 g/mol. The summed E-state index contributed by atoms with van der Waals surface area (Å²) in [6.07, 6.45) is 8.39. The lowest BCUT2D eigenvalue weighted by atomic mass is 9.65. The average Bonchev–Trinajstić information content (AvgIpc) is 3.72. The highest BCUT2D eigenvalue weighted by atomic mass is 16.5. The molecule has 3 aromatic carbocycles. The van der Waals surface area contributed by atoms with E-state index >= 15 is 0 Å². The highest BCUT2D eigenvalue weighted by Crippen LogP contribution is 2.63. The standard InChI is InChI=1S/C48H52N4O7/c1-6-27-17-29-16-26-14-15-48(21-26)22-30-18-31(54)20-39(56-5)41(30)33-11-10-32-35(24-57-25(2)53)45(59-46(32)43(33)48)42-28(8-7-9-36(29)52-47(27)49)19-38(55)44-34(42)12-13-37(51-4)40(58-44)23-50-3/h10-13,17-20,26,35,37,40,45,50-51,54-55H,6,8,14-16,21-24H2,1-5H3,(H2,49,52). The number of esters is 1. The van der Waals surface area contributed by atoms with Crippen LogP contribution in [0.2, 0.25) is 0 Å². The number of hydrogen-bond donors (Lipinski definition) is 5. The first-order valence-corrected chi connectivity index (χ1v) is 20.8. The van der Waals surface area contributed by atoms with E-state index in [0.717, 1.165) is 87.9 Å². The molecule has 1 aromatic heterocycles. The van der Waals surface area contributed by atoms with E-state index in [0.29, 0.717) is 47.5 Å². The van der Waals surface area contributed by atoms with Crippen molar-refractivity contribution in [3.63, 3.8) is 0 Å². The van der Waals surface area contributed by atoms with Crippen LogP contribution in [0.15, 0.2) is 42.5 Å². The monoisotopic (exact) mass is 796 g/mol. The minimum absolute atomic E-state index is 0.00368. The van der Waals surface area contributed by atoms with Crippen molar-refractivity contribution in [3.8, 4) is 51.7 Å². The number of hydrogen-bond acceptors (Lipinski definition) is 11. The Balaban J connectivity index is 1.33. The number of carbonyl (C=O) groups is 1. The van der Waals surface area contributed by atoms with Crippen molar-refractivity contribution in [2.24, 2.45) is 5.92 Å². The van der Waals surface area contributed by atoms with Crippen LogP contribution in [0.5, 0.6) is 28.7 Å². The number of phenolic OH excluding ortho intramolecular Hbond substituents is 2. The van der Waals surface area contributed by atoms with Crippen molar-refractivity contribution in [1.29, 1.82) is 0 Å². The van der Waals surface area contributed by atoms with E-state index in [1.807, 2.05) is 26.2 Å². The Hall–Kier alpha value is -5.70. The maximum absolute atomic E-state index is 12.6. The number of nitrogen functional groups attached to an aromatic ring is 1. The third-order valence-corrected chi connectivity index (χ3v) is 13.3. The summed E-state index contributed by atoms with van der Waals surface area (Å²) in [5.74, 6) is 8.79. The van der Waals surface area contributed by atoms with Gasteiger partial charge in [0.15, 0.2) is 11.5 Å². The molecule has 1 fully saturated rings. The Bertz CT molecular complexity index is 2470. The molecule has 3 aliphatic heterocycles. The Morgan fingerprint density at radius 1 is 1.10 bits per heavy atom. The number of aromatic nitrogens is 1. The molecule has 4 bridgehead atoms. The Morgan fingerprint density at radius 3 is 2.71 bits per heavy atom. The van der Waals surface area contributed by atoms with Gasteiger partial charge in [-0.05, 0) is 110 Å². The van der Waals surface area contributed by atoms with Crippen LogP contribution in [0.3, 0.4) is 0 Å². The lowest BCUT2D eigenvalue weighted by Gasteiger charge is -2.39. The molecular formula is C48H52N4O7. The van der Waals surface area contributed by atoms with Crippen LogP contribution in [0.1, 0.15) is 95.3 Å². The topological polar surface area (TPSA) is 157 Å². The fraction of sp³-hybridized carbons (Fsp3) is 0.417. The van der Waals surface area contributed by atoms with Gasteiger partial charge < -0.3 is 45.5 Å². The van der Waals surface area contributed by atoms with Crippen LogP contribution in [-0.4, -0.2) is 67.7 Å². The Kier molecular flexibility index (Phi) is 9.97. The summed E-state index contributed by atoms with van der Waals surface area (Å²) in [6.45, 7) is 4.13. The molecule has 2 aliphatic carbocycles. The number of rotatable bonds is 7. The lowest BCUT2D eigenvalue weighted by molar-refractivity contribution is -0.141. The maximum atomic E-state index is 12.6. The number of nitrogens with two attached hydrogens (primary N) is 1. The number of pyridine rings is 1. The van der Waals surface area contributed by atoms with Gasteiger partial charge in [0.25, 0.3) is 0 Å². The van der Waals surface area contributed by atoms with Crippen molar-refractivity contribution in [1.82, 2.24) is 15.6 Å². The molecule has 59 heavy (non-hydrogen) atoms. The van der Waals surface area contributed by atoms with E-state index < -0.39 is 12.0 Å². The Labute approximate surface area is 345 Å². The van der Waals surface area contributed by atoms with Crippen LogP contribution < -0.4 is 30.6 Å². The molecule has 0 amide bonds. The molecule has 0 saturated heterocycles. The third-order valence-electron chi connectivity index (χ3n) is 13.3. The smallest absolute Gasteiger partial charge is 0.302 e. The van der Waals surface area contributed by atoms with E-state index in [9.17, 15) is 15.0 Å². The first kappa shape index (κ1) is 38.8. The number of nitrogens with zero attached hydrogens (tertiary/aromatic N) is 1. The summed E-state index contributed by atoms with van der Waals surface area (Å²) >= 11 is 0. The van der Waals surface area contributed by atoms with Crippen LogP contribution >= 0.6 is 0 Å². The second-order valence-corrected chi connectivity index (χ2v) is 16.8. The molecule has 6 unspecified atom stereocenters. The second kappa shape index (κ2) is 15.2.